The van der Waals surface area contributed by atoms with Crippen LogP contribution in [0.5, 0.6) is 5.88 Å². The fourth-order valence-electron chi connectivity index (χ4n) is 8.28. The SMILES string of the molecule is CCOC(=O)[C@@H]1CC2(CCN(c3cc(OCC45CC6CC(CC(C6)C4)C5)nc(N)n3)CC2)CN1. The zero-order valence-corrected chi connectivity index (χ0v) is 20.4. The molecule has 7 rings (SSSR count). The van der Waals surface area contributed by atoms with E-state index in [0.29, 0.717) is 17.9 Å². The molecule has 1 aromatic heterocycles. The molecule has 4 aliphatic carbocycles. The van der Waals surface area contributed by atoms with E-state index >= 15 is 0 Å². The lowest BCUT2D eigenvalue weighted by molar-refractivity contribution is -0.145. The Morgan fingerprint density at radius 2 is 1.79 bits per heavy atom. The van der Waals surface area contributed by atoms with Crippen molar-refractivity contribution < 1.29 is 14.3 Å². The summed E-state index contributed by atoms with van der Waals surface area (Å²) in [6.07, 6.45) is 11.2. The largest absolute Gasteiger partial charge is 0.477 e. The molecule has 1 aromatic rings. The maximum absolute atomic E-state index is 12.2. The van der Waals surface area contributed by atoms with Gasteiger partial charge < -0.3 is 25.4 Å². The number of nitrogen functional groups attached to an aromatic ring is 1. The van der Waals surface area contributed by atoms with Gasteiger partial charge in [0.1, 0.15) is 11.9 Å². The summed E-state index contributed by atoms with van der Waals surface area (Å²) in [7, 11) is 0. The average Bonchev–Trinajstić information content (AvgIpc) is 3.21. The van der Waals surface area contributed by atoms with E-state index in [1.165, 1.54) is 38.5 Å². The Hall–Kier alpha value is -2.09. The molecular weight excluding hydrogens is 430 g/mol. The number of nitrogens with zero attached hydrogens (tertiary/aromatic N) is 3. The number of rotatable bonds is 6. The molecule has 186 valence electrons. The van der Waals surface area contributed by atoms with Crippen molar-refractivity contribution in [3.05, 3.63) is 6.07 Å². The van der Waals surface area contributed by atoms with Crippen LogP contribution in [0.1, 0.15) is 64.7 Å². The molecule has 0 unspecified atom stereocenters. The van der Waals surface area contributed by atoms with Gasteiger partial charge in [0.15, 0.2) is 0 Å². The van der Waals surface area contributed by atoms with Gasteiger partial charge in [-0.2, -0.15) is 9.97 Å². The average molecular weight is 470 g/mol. The highest BCUT2D eigenvalue weighted by atomic mass is 16.5. The first kappa shape index (κ1) is 22.4. The highest BCUT2D eigenvalue weighted by Gasteiger charge is 2.51. The quantitative estimate of drug-likeness (QED) is 0.613. The number of anilines is 2. The van der Waals surface area contributed by atoms with Gasteiger partial charge >= 0.3 is 5.97 Å². The normalized spacial score (nSPS) is 35.6. The fraction of sp³-hybridized carbons (Fsp3) is 0.808. The monoisotopic (exact) mass is 469 g/mol. The molecule has 0 aromatic carbocycles. The molecule has 3 heterocycles. The van der Waals surface area contributed by atoms with Gasteiger partial charge in [-0.05, 0) is 87.9 Å². The van der Waals surface area contributed by atoms with E-state index in [4.69, 9.17) is 15.2 Å². The van der Waals surface area contributed by atoms with Gasteiger partial charge in [0.2, 0.25) is 11.8 Å². The summed E-state index contributed by atoms with van der Waals surface area (Å²) in [4.78, 5) is 23.4. The lowest BCUT2D eigenvalue weighted by Gasteiger charge is -2.56. The maximum Gasteiger partial charge on any atom is 0.323 e. The molecular formula is C26H39N5O3. The third kappa shape index (κ3) is 4.23. The van der Waals surface area contributed by atoms with Crippen LogP contribution in [-0.2, 0) is 9.53 Å². The van der Waals surface area contributed by atoms with Crippen LogP contribution in [0.15, 0.2) is 6.07 Å². The summed E-state index contributed by atoms with van der Waals surface area (Å²) < 4.78 is 11.6. The molecule has 2 saturated heterocycles. The van der Waals surface area contributed by atoms with Crippen molar-refractivity contribution in [3.63, 3.8) is 0 Å². The minimum Gasteiger partial charge on any atom is -0.477 e. The summed E-state index contributed by atoms with van der Waals surface area (Å²) in [6, 6.07) is 1.80. The molecule has 0 amide bonds. The summed E-state index contributed by atoms with van der Waals surface area (Å²) in [5, 5.41) is 3.39. The van der Waals surface area contributed by atoms with Gasteiger partial charge in [-0.25, -0.2) is 0 Å². The maximum atomic E-state index is 12.2. The van der Waals surface area contributed by atoms with E-state index in [1.54, 1.807) is 0 Å². The van der Waals surface area contributed by atoms with Gasteiger partial charge in [-0.15, -0.1) is 0 Å². The predicted octanol–water partition coefficient (Wildman–Crippen LogP) is 3.17. The van der Waals surface area contributed by atoms with Gasteiger partial charge in [0, 0.05) is 31.1 Å². The second kappa shape index (κ2) is 8.54. The van der Waals surface area contributed by atoms with Crippen molar-refractivity contribution in [2.24, 2.45) is 28.6 Å². The lowest BCUT2D eigenvalue weighted by atomic mass is 9.50. The van der Waals surface area contributed by atoms with Gasteiger partial charge in [-0.1, -0.05) is 0 Å². The smallest absolute Gasteiger partial charge is 0.323 e. The Bertz CT molecular complexity index is 894. The van der Waals surface area contributed by atoms with Crippen molar-refractivity contribution >= 4 is 17.7 Å². The molecule has 1 spiro atoms. The Morgan fingerprint density at radius 1 is 1.12 bits per heavy atom. The van der Waals surface area contributed by atoms with Crippen molar-refractivity contribution in [1.82, 2.24) is 15.3 Å². The number of carbonyl (C=O) groups excluding carboxylic acids is 1. The molecule has 34 heavy (non-hydrogen) atoms. The van der Waals surface area contributed by atoms with Crippen LogP contribution in [-0.4, -0.2) is 54.8 Å². The second-order valence-electron chi connectivity index (χ2n) is 12.0. The minimum atomic E-state index is -0.175. The first-order valence-electron chi connectivity index (χ1n) is 13.4. The lowest BCUT2D eigenvalue weighted by Crippen LogP contribution is -2.48. The second-order valence-corrected chi connectivity index (χ2v) is 12.0. The van der Waals surface area contributed by atoms with Crippen molar-refractivity contribution in [2.75, 3.05) is 43.5 Å². The molecule has 4 saturated carbocycles. The van der Waals surface area contributed by atoms with Gasteiger partial charge in [0.05, 0.1) is 13.2 Å². The van der Waals surface area contributed by atoms with E-state index in [-0.39, 0.29) is 23.4 Å². The Morgan fingerprint density at radius 3 is 2.44 bits per heavy atom. The van der Waals surface area contributed by atoms with E-state index in [2.05, 4.69) is 20.2 Å². The van der Waals surface area contributed by atoms with Crippen LogP contribution >= 0.6 is 0 Å². The minimum absolute atomic E-state index is 0.119. The van der Waals surface area contributed by atoms with Crippen LogP contribution < -0.4 is 20.7 Å². The van der Waals surface area contributed by atoms with Crippen molar-refractivity contribution in [1.29, 1.82) is 0 Å². The molecule has 3 N–H and O–H groups in total. The van der Waals surface area contributed by atoms with Crippen LogP contribution in [0.25, 0.3) is 0 Å². The predicted molar refractivity (Wildman–Crippen MR) is 129 cm³/mol. The number of esters is 1. The van der Waals surface area contributed by atoms with Crippen molar-refractivity contribution in [3.8, 4) is 5.88 Å². The summed E-state index contributed by atoms with van der Waals surface area (Å²) in [5.41, 5.74) is 6.61. The molecule has 6 fully saturated rings. The van der Waals surface area contributed by atoms with Crippen LogP contribution in [0.2, 0.25) is 0 Å². The number of nitrogens with one attached hydrogen (secondary N) is 1. The summed E-state index contributed by atoms with van der Waals surface area (Å²) >= 11 is 0. The van der Waals surface area contributed by atoms with E-state index in [9.17, 15) is 4.79 Å². The number of aromatic nitrogens is 2. The standard InChI is InChI=1S/C26H39N5O3/c1-2-33-23(32)20-14-25(15-28-20)3-5-31(6-4-25)21-10-22(30-24(27)29-21)34-16-26-11-17-7-18(12-26)9-19(8-17)13-26/h10,17-20,28H,2-9,11-16H2,1H3,(H2,27,29,30)/t17?,18?,19?,20-,26?/m0/s1. The zero-order chi connectivity index (χ0) is 23.3. The molecule has 2 aliphatic heterocycles. The van der Waals surface area contributed by atoms with Gasteiger partial charge in [0.25, 0.3) is 0 Å². The Kier molecular flexibility index (Phi) is 5.62. The topological polar surface area (TPSA) is 103 Å². The molecule has 4 bridgehead atoms. The Balaban J connectivity index is 1.08. The van der Waals surface area contributed by atoms with Crippen LogP contribution in [0.4, 0.5) is 11.8 Å². The molecule has 0 radical (unpaired) electrons. The fourth-order valence-corrected chi connectivity index (χ4v) is 8.28. The van der Waals surface area contributed by atoms with Gasteiger partial charge in [-0.3, -0.25) is 4.79 Å². The van der Waals surface area contributed by atoms with E-state index in [0.717, 1.165) is 69.1 Å². The Labute approximate surface area is 202 Å². The van der Waals surface area contributed by atoms with Crippen LogP contribution in [0, 0.1) is 28.6 Å². The molecule has 6 aliphatic rings. The van der Waals surface area contributed by atoms with Crippen molar-refractivity contribution in [2.45, 2.75) is 70.8 Å². The first-order chi connectivity index (χ1) is 16.4. The highest BCUT2D eigenvalue weighted by Crippen LogP contribution is 2.60. The first-order valence-corrected chi connectivity index (χ1v) is 13.4. The third-order valence-corrected chi connectivity index (χ3v) is 9.48. The van der Waals surface area contributed by atoms with Crippen LogP contribution in [0.3, 0.4) is 0 Å². The molecule has 1 atom stereocenters. The number of hydrogen-bond donors (Lipinski definition) is 2. The number of hydrogen-bond acceptors (Lipinski definition) is 8. The summed E-state index contributed by atoms with van der Waals surface area (Å²) in [6.45, 7) is 5.70. The zero-order valence-electron chi connectivity index (χ0n) is 20.4. The number of piperidine rings is 1. The van der Waals surface area contributed by atoms with E-state index in [1.807, 2.05) is 13.0 Å². The van der Waals surface area contributed by atoms with E-state index < -0.39 is 0 Å². The highest BCUT2D eigenvalue weighted by molar-refractivity contribution is 5.76. The number of carbonyl (C=O) groups is 1. The number of nitrogens with two attached hydrogens (primary N) is 1. The molecule has 8 heteroatoms. The number of ether oxygens (including phenoxy) is 2. The summed E-state index contributed by atoms with van der Waals surface area (Å²) in [5.74, 6) is 4.37. The molecule has 8 nitrogen and oxygen atoms in total. The third-order valence-electron chi connectivity index (χ3n) is 9.48.